The van der Waals surface area contributed by atoms with Crippen LogP contribution in [0.2, 0.25) is 0 Å². The van der Waals surface area contributed by atoms with Crippen molar-refractivity contribution < 1.29 is 24.2 Å². The van der Waals surface area contributed by atoms with Gasteiger partial charge in [-0.25, -0.2) is 9.59 Å². The lowest BCUT2D eigenvalue weighted by molar-refractivity contribution is -0.191. The maximum absolute atomic E-state index is 12.0. The number of carbonyl (C=O) groups excluding carboxylic acids is 1. The van der Waals surface area contributed by atoms with Crippen LogP contribution in [-0.2, 0) is 20.9 Å². The van der Waals surface area contributed by atoms with E-state index in [4.69, 9.17) is 9.47 Å². The van der Waals surface area contributed by atoms with Crippen molar-refractivity contribution in [3.8, 4) is 0 Å². The van der Waals surface area contributed by atoms with Crippen molar-refractivity contribution >= 4 is 12.1 Å². The number of ether oxygens (including phenoxy) is 2. The van der Waals surface area contributed by atoms with Crippen LogP contribution >= 0.6 is 0 Å². The smallest absolute Gasteiger partial charge is 0.408 e. The zero-order chi connectivity index (χ0) is 17.1. The number of hydrogen-bond donors (Lipinski definition) is 2. The lowest BCUT2D eigenvalue weighted by Gasteiger charge is -2.57. The van der Waals surface area contributed by atoms with Crippen molar-refractivity contribution in [3.05, 3.63) is 35.9 Å². The molecule has 1 aliphatic rings. The zero-order valence-electron chi connectivity index (χ0n) is 13.7. The van der Waals surface area contributed by atoms with Crippen LogP contribution in [0.5, 0.6) is 0 Å². The SMILES string of the molecule is CCOC1CC(NC(=O)OCc2ccccc2)(C(=O)O)C1(C)C. The lowest BCUT2D eigenvalue weighted by Crippen LogP contribution is -2.76. The molecule has 6 heteroatoms. The Bertz CT molecular complexity index is 572. The fraction of sp³-hybridized carbons (Fsp3) is 0.529. The first-order valence-corrected chi connectivity index (χ1v) is 7.67. The average molecular weight is 321 g/mol. The van der Waals surface area contributed by atoms with E-state index in [-0.39, 0.29) is 19.1 Å². The number of alkyl carbamates (subject to hydrolysis) is 1. The van der Waals surface area contributed by atoms with Crippen LogP contribution in [0, 0.1) is 5.41 Å². The molecule has 0 saturated heterocycles. The summed E-state index contributed by atoms with van der Waals surface area (Å²) in [6.07, 6.45) is -0.721. The highest BCUT2D eigenvalue weighted by Crippen LogP contribution is 2.51. The molecule has 0 heterocycles. The summed E-state index contributed by atoms with van der Waals surface area (Å²) in [6.45, 7) is 6.02. The Labute approximate surface area is 135 Å². The third kappa shape index (κ3) is 3.17. The van der Waals surface area contributed by atoms with Crippen LogP contribution in [0.25, 0.3) is 0 Å². The Morgan fingerprint density at radius 3 is 2.48 bits per heavy atom. The van der Waals surface area contributed by atoms with Gasteiger partial charge in [0, 0.05) is 18.4 Å². The molecular weight excluding hydrogens is 298 g/mol. The number of aliphatic carboxylic acids is 1. The molecule has 0 radical (unpaired) electrons. The van der Waals surface area contributed by atoms with E-state index < -0.39 is 23.0 Å². The maximum atomic E-state index is 12.0. The molecule has 2 atom stereocenters. The van der Waals surface area contributed by atoms with Crippen molar-refractivity contribution in [1.29, 1.82) is 0 Å². The Balaban J connectivity index is 2.00. The van der Waals surface area contributed by atoms with Crippen molar-refractivity contribution in [1.82, 2.24) is 5.32 Å². The minimum absolute atomic E-state index is 0.0949. The van der Waals surface area contributed by atoms with Crippen molar-refractivity contribution in [2.75, 3.05) is 6.61 Å². The molecule has 1 aromatic rings. The van der Waals surface area contributed by atoms with E-state index >= 15 is 0 Å². The Morgan fingerprint density at radius 1 is 1.30 bits per heavy atom. The van der Waals surface area contributed by atoms with Gasteiger partial charge in [-0.1, -0.05) is 44.2 Å². The summed E-state index contributed by atoms with van der Waals surface area (Å²) in [7, 11) is 0. The summed E-state index contributed by atoms with van der Waals surface area (Å²) in [5.41, 5.74) is -1.26. The quantitative estimate of drug-likeness (QED) is 0.841. The molecule has 1 amide bonds. The van der Waals surface area contributed by atoms with Gasteiger partial charge in [-0.3, -0.25) is 0 Å². The van der Waals surface area contributed by atoms with Crippen LogP contribution in [0.15, 0.2) is 30.3 Å². The molecule has 1 aromatic carbocycles. The third-order valence-electron chi connectivity index (χ3n) is 4.66. The van der Waals surface area contributed by atoms with Crippen molar-refractivity contribution in [2.45, 2.75) is 45.4 Å². The monoisotopic (exact) mass is 321 g/mol. The summed E-state index contributed by atoms with van der Waals surface area (Å²) in [5.74, 6) is -1.07. The molecule has 1 saturated carbocycles. The summed E-state index contributed by atoms with van der Waals surface area (Å²) in [6, 6.07) is 9.22. The zero-order valence-corrected chi connectivity index (χ0v) is 13.7. The molecule has 126 valence electrons. The van der Waals surface area contributed by atoms with Crippen LogP contribution in [-0.4, -0.2) is 35.4 Å². The second-order valence-corrected chi connectivity index (χ2v) is 6.27. The van der Waals surface area contributed by atoms with Crippen LogP contribution in [0.4, 0.5) is 4.79 Å². The van der Waals surface area contributed by atoms with Crippen molar-refractivity contribution in [3.63, 3.8) is 0 Å². The van der Waals surface area contributed by atoms with Gasteiger partial charge in [0.05, 0.1) is 6.10 Å². The van der Waals surface area contributed by atoms with E-state index in [1.54, 1.807) is 13.8 Å². The molecule has 1 fully saturated rings. The molecular formula is C17H23NO5. The molecule has 6 nitrogen and oxygen atoms in total. The Morgan fingerprint density at radius 2 is 1.96 bits per heavy atom. The fourth-order valence-electron chi connectivity index (χ4n) is 2.97. The summed E-state index contributed by atoms with van der Waals surface area (Å²) >= 11 is 0. The van der Waals surface area contributed by atoms with Gasteiger partial charge in [0.2, 0.25) is 0 Å². The minimum atomic E-state index is -1.37. The van der Waals surface area contributed by atoms with Crippen LogP contribution in [0.1, 0.15) is 32.8 Å². The van der Waals surface area contributed by atoms with Gasteiger partial charge in [-0.05, 0) is 12.5 Å². The topological polar surface area (TPSA) is 84.9 Å². The van der Waals surface area contributed by atoms with Crippen LogP contribution < -0.4 is 5.32 Å². The number of amides is 1. The first kappa shape index (κ1) is 17.3. The number of rotatable bonds is 6. The first-order valence-electron chi connectivity index (χ1n) is 7.67. The van der Waals surface area contributed by atoms with E-state index in [9.17, 15) is 14.7 Å². The molecule has 0 aliphatic heterocycles. The fourth-order valence-corrected chi connectivity index (χ4v) is 2.97. The van der Waals surface area contributed by atoms with Crippen LogP contribution in [0.3, 0.4) is 0 Å². The van der Waals surface area contributed by atoms with E-state index in [0.29, 0.717) is 6.61 Å². The predicted molar refractivity (Wildman–Crippen MR) is 83.9 cm³/mol. The number of nitrogens with one attached hydrogen (secondary N) is 1. The number of benzene rings is 1. The molecule has 2 N–H and O–H groups in total. The first-order chi connectivity index (χ1) is 10.8. The van der Waals surface area contributed by atoms with Gasteiger partial charge in [0.15, 0.2) is 5.54 Å². The standard InChI is InChI=1S/C17H23NO5/c1-4-22-13-10-17(14(19)20,16(13,2)3)18-15(21)23-11-12-8-6-5-7-9-12/h5-9,13H,4,10-11H2,1-3H3,(H,18,21)(H,19,20). The number of carboxylic acid groups (broad SMARTS) is 1. The highest BCUT2D eigenvalue weighted by Gasteiger charge is 2.66. The van der Waals surface area contributed by atoms with Crippen molar-refractivity contribution in [2.24, 2.45) is 5.41 Å². The molecule has 0 bridgehead atoms. The number of carbonyl (C=O) groups is 2. The minimum Gasteiger partial charge on any atom is -0.479 e. The number of carboxylic acids is 1. The second kappa shape index (κ2) is 6.58. The van der Waals surface area contributed by atoms with Gasteiger partial charge in [-0.15, -0.1) is 0 Å². The van der Waals surface area contributed by atoms with Gasteiger partial charge < -0.3 is 19.9 Å². The molecule has 2 rings (SSSR count). The highest BCUT2D eigenvalue weighted by atomic mass is 16.5. The van der Waals surface area contributed by atoms with Gasteiger partial charge in [0.1, 0.15) is 6.61 Å². The lowest BCUT2D eigenvalue weighted by atomic mass is 9.54. The van der Waals surface area contributed by atoms with Gasteiger partial charge in [0.25, 0.3) is 0 Å². The normalized spacial score (nSPS) is 25.3. The average Bonchev–Trinajstić information content (AvgIpc) is 2.52. The Hall–Kier alpha value is -2.08. The molecule has 0 aromatic heterocycles. The number of hydrogen-bond acceptors (Lipinski definition) is 4. The largest absolute Gasteiger partial charge is 0.479 e. The predicted octanol–water partition coefficient (Wildman–Crippen LogP) is 2.57. The Kier molecular flexibility index (Phi) is 4.94. The molecule has 1 aliphatic carbocycles. The maximum Gasteiger partial charge on any atom is 0.408 e. The van der Waals surface area contributed by atoms with E-state index in [0.717, 1.165) is 5.56 Å². The molecule has 2 unspecified atom stereocenters. The van der Waals surface area contributed by atoms with E-state index in [1.807, 2.05) is 37.3 Å². The van der Waals surface area contributed by atoms with E-state index in [2.05, 4.69) is 5.32 Å². The second-order valence-electron chi connectivity index (χ2n) is 6.27. The molecule has 23 heavy (non-hydrogen) atoms. The third-order valence-corrected chi connectivity index (χ3v) is 4.66. The van der Waals surface area contributed by atoms with E-state index in [1.165, 1.54) is 0 Å². The summed E-state index contributed by atoms with van der Waals surface area (Å²) in [5, 5.41) is 12.2. The summed E-state index contributed by atoms with van der Waals surface area (Å²) < 4.78 is 10.7. The highest BCUT2D eigenvalue weighted by molar-refractivity contribution is 5.87. The van der Waals surface area contributed by atoms with Gasteiger partial charge in [-0.2, -0.15) is 0 Å². The van der Waals surface area contributed by atoms with Gasteiger partial charge >= 0.3 is 12.1 Å². The summed E-state index contributed by atoms with van der Waals surface area (Å²) in [4.78, 5) is 23.8. The molecule has 0 spiro atoms.